The third-order valence-corrected chi connectivity index (χ3v) is 6.24. The minimum absolute atomic E-state index is 0.0700. The van der Waals surface area contributed by atoms with Gasteiger partial charge in [-0.2, -0.15) is 0 Å². The van der Waals surface area contributed by atoms with Crippen LogP contribution in [-0.4, -0.2) is 37.5 Å². The molecular formula is C18H18N4O6S. The predicted octanol–water partition coefficient (Wildman–Crippen LogP) is 2.02. The Kier molecular flexibility index (Phi) is 5.50. The minimum Gasteiger partial charge on any atom is -0.318 e. The van der Waals surface area contributed by atoms with E-state index < -0.39 is 26.8 Å². The molecule has 2 aromatic rings. The van der Waals surface area contributed by atoms with Gasteiger partial charge in [-0.15, -0.1) is 0 Å². The highest BCUT2D eigenvalue weighted by molar-refractivity contribution is 7.93. The molecule has 2 amide bonds. The largest absolute Gasteiger partial charge is 0.318 e. The van der Waals surface area contributed by atoms with Crippen molar-refractivity contribution in [2.75, 3.05) is 27.2 Å². The van der Waals surface area contributed by atoms with Crippen molar-refractivity contribution in [3.8, 4) is 0 Å². The van der Waals surface area contributed by atoms with Crippen LogP contribution in [0, 0.1) is 17.0 Å². The molecule has 2 aromatic carbocycles. The second kappa shape index (κ2) is 7.87. The summed E-state index contributed by atoms with van der Waals surface area (Å²) in [5, 5.41) is 15.6. The predicted molar refractivity (Wildman–Crippen MR) is 107 cm³/mol. The van der Waals surface area contributed by atoms with Gasteiger partial charge in [-0.05, 0) is 43.2 Å². The number of aryl methyl sites for hydroxylation is 1. The molecule has 0 unspecified atom stereocenters. The van der Waals surface area contributed by atoms with Crippen LogP contribution in [0.3, 0.4) is 0 Å². The molecule has 0 bridgehead atoms. The van der Waals surface area contributed by atoms with Gasteiger partial charge in [0.1, 0.15) is 0 Å². The quantitative estimate of drug-likeness (QED) is 0.442. The zero-order chi connectivity index (χ0) is 21.2. The molecule has 3 rings (SSSR count). The highest BCUT2D eigenvalue weighted by atomic mass is 32.2. The van der Waals surface area contributed by atoms with E-state index in [0.717, 1.165) is 0 Å². The maximum Gasteiger partial charge on any atom is 0.314 e. The molecule has 1 fully saturated rings. The highest BCUT2D eigenvalue weighted by Gasteiger charge is 2.28. The average molecular weight is 418 g/mol. The highest BCUT2D eigenvalue weighted by Crippen LogP contribution is 2.26. The van der Waals surface area contributed by atoms with E-state index in [4.69, 9.17) is 0 Å². The lowest BCUT2D eigenvalue weighted by Crippen LogP contribution is -2.29. The Morgan fingerprint density at radius 3 is 2.45 bits per heavy atom. The van der Waals surface area contributed by atoms with Crippen molar-refractivity contribution in [1.82, 2.24) is 0 Å². The summed E-state index contributed by atoms with van der Waals surface area (Å²) >= 11 is 0. The molecule has 1 saturated heterocycles. The van der Waals surface area contributed by atoms with Gasteiger partial charge in [-0.3, -0.25) is 24.0 Å². The van der Waals surface area contributed by atoms with Crippen molar-refractivity contribution in [3.63, 3.8) is 0 Å². The summed E-state index contributed by atoms with van der Waals surface area (Å²) in [4.78, 5) is 34.6. The number of hydrogen-bond acceptors (Lipinski definition) is 6. The van der Waals surface area contributed by atoms with Crippen molar-refractivity contribution in [1.29, 1.82) is 0 Å². The molecule has 1 aliphatic heterocycles. The van der Waals surface area contributed by atoms with Gasteiger partial charge in [0.05, 0.1) is 16.4 Å². The van der Waals surface area contributed by atoms with E-state index in [1.165, 1.54) is 34.6 Å². The number of carbonyl (C=O) groups is 2. The number of anilines is 3. The molecule has 0 radical (unpaired) electrons. The van der Waals surface area contributed by atoms with Crippen molar-refractivity contribution >= 4 is 44.6 Å². The maximum absolute atomic E-state index is 12.2. The van der Waals surface area contributed by atoms with Crippen LogP contribution in [-0.2, 0) is 19.6 Å². The number of nitro benzene ring substituents is 1. The van der Waals surface area contributed by atoms with Gasteiger partial charge in [-0.1, -0.05) is 6.07 Å². The van der Waals surface area contributed by atoms with Crippen LogP contribution < -0.4 is 14.9 Å². The molecular weight excluding hydrogens is 400 g/mol. The molecule has 11 heteroatoms. The molecule has 2 N–H and O–H groups in total. The van der Waals surface area contributed by atoms with Crippen LogP contribution in [0.5, 0.6) is 0 Å². The fraction of sp³-hybridized carbons (Fsp3) is 0.222. The molecule has 29 heavy (non-hydrogen) atoms. The number of carbonyl (C=O) groups excluding carboxylic acids is 2. The summed E-state index contributed by atoms with van der Waals surface area (Å²) in [5.74, 6) is -1.84. The monoisotopic (exact) mass is 418 g/mol. The number of nitrogens with one attached hydrogen (secondary N) is 2. The Morgan fingerprint density at radius 2 is 1.83 bits per heavy atom. The molecule has 0 saturated carbocycles. The maximum atomic E-state index is 12.2. The first-order chi connectivity index (χ1) is 13.7. The minimum atomic E-state index is -3.36. The summed E-state index contributed by atoms with van der Waals surface area (Å²) in [6, 6.07) is 10.1. The van der Waals surface area contributed by atoms with Gasteiger partial charge in [0.2, 0.25) is 10.0 Å². The first-order valence-corrected chi connectivity index (χ1v) is 10.3. The molecule has 0 aromatic heterocycles. The third-order valence-electron chi connectivity index (χ3n) is 4.37. The lowest BCUT2D eigenvalue weighted by atomic mass is 10.2. The Bertz CT molecular complexity index is 1100. The van der Waals surface area contributed by atoms with Gasteiger partial charge in [0.25, 0.3) is 5.69 Å². The summed E-state index contributed by atoms with van der Waals surface area (Å²) < 4.78 is 25.3. The number of benzene rings is 2. The van der Waals surface area contributed by atoms with Crippen molar-refractivity contribution < 1.29 is 22.9 Å². The van der Waals surface area contributed by atoms with Gasteiger partial charge in [0, 0.05) is 30.1 Å². The molecule has 0 spiro atoms. The number of sulfonamides is 1. The van der Waals surface area contributed by atoms with E-state index in [2.05, 4.69) is 10.6 Å². The second-order valence-electron chi connectivity index (χ2n) is 6.46. The number of amides is 2. The average Bonchev–Trinajstić information content (AvgIpc) is 3.02. The summed E-state index contributed by atoms with van der Waals surface area (Å²) in [6.45, 7) is 1.93. The molecule has 0 aliphatic carbocycles. The first kappa shape index (κ1) is 20.3. The summed E-state index contributed by atoms with van der Waals surface area (Å²) in [5.41, 5.74) is 1.25. The van der Waals surface area contributed by atoms with Crippen LogP contribution in [0.2, 0.25) is 0 Å². The first-order valence-electron chi connectivity index (χ1n) is 8.65. The Labute approximate surface area is 166 Å². The van der Waals surface area contributed by atoms with E-state index in [9.17, 15) is 28.1 Å². The van der Waals surface area contributed by atoms with E-state index in [1.54, 1.807) is 19.1 Å². The zero-order valence-electron chi connectivity index (χ0n) is 15.4. The van der Waals surface area contributed by atoms with Crippen molar-refractivity contribution in [3.05, 3.63) is 58.1 Å². The van der Waals surface area contributed by atoms with Crippen LogP contribution >= 0.6 is 0 Å². The van der Waals surface area contributed by atoms with E-state index in [1.807, 2.05) is 0 Å². The fourth-order valence-electron chi connectivity index (χ4n) is 2.94. The van der Waals surface area contributed by atoms with Gasteiger partial charge >= 0.3 is 11.8 Å². The second-order valence-corrected chi connectivity index (χ2v) is 8.47. The summed E-state index contributed by atoms with van der Waals surface area (Å²) in [6.07, 6.45) is 0.524. The van der Waals surface area contributed by atoms with E-state index in [0.29, 0.717) is 24.2 Å². The molecule has 152 valence electrons. The number of nitro groups is 1. The Morgan fingerprint density at radius 1 is 1.10 bits per heavy atom. The third kappa shape index (κ3) is 4.51. The number of hydrogen-bond donors (Lipinski definition) is 2. The van der Waals surface area contributed by atoms with Gasteiger partial charge in [0.15, 0.2) is 0 Å². The number of rotatable bonds is 4. The molecule has 0 atom stereocenters. The topological polar surface area (TPSA) is 139 Å². The van der Waals surface area contributed by atoms with E-state index >= 15 is 0 Å². The van der Waals surface area contributed by atoms with Crippen LogP contribution in [0.25, 0.3) is 0 Å². The number of nitrogens with zero attached hydrogens (tertiary/aromatic N) is 2. The summed E-state index contributed by atoms with van der Waals surface area (Å²) in [7, 11) is -3.36. The lowest BCUT2D eigenvalue weighted by molar-refractivity contribution is -0.384. The van der Waals surface area contributed by atoms with Crippen LogP contribution in [0.4, 0.5) is 22.7 Å². The smallest absolute Gasteiger partial charge is 0.314 e. The van der Waals surface area contributed by atoms with Crippen molar-refractivity contribution in [2.45, 2.75) is 13.3 Å². The Hall–Kier alpha value is -3.47. The van der Waals surface area contributed by atoms with E-state index in [-0.39, 0.29) is 22.8 Å². The Balaban J connectivity index is 1.70. The number of non-ortho nitro benzene ring substituents is 1. The normalized spacial score (nSPS) is 15.0. The molecule has 10 nitrogen and oxygen atoms in total. The van der Waals surface area contributed by atoms with Gasteiger partial charge < -0.3 is 10.6 Å². The standard InChI is InChI=1S/C18H18N4O6S/c1-12-10-15(22(25)26)6-7-16(12)20-18(24)17(23)19-13-4-2-5-14(11-13)21-8-3-9-29(21,27)28/h2,4-7,10-11H,3,8-9H2,1H3,(H,19,23)(H,20,24). The van der Waals surface area contributed by atoms with Crippen LogP contribution in [0.1, 0.15) is 12.0 Å². The fourth-order valence-corrected chi connectivity index (χ4v) is 4.49. The van der Waals surface area contributed by atoms with Gasteiger partial charge in [-0.25, -0.2) is 8.42 Å². The molecule has 1 aliphatic rings. The molecule has 1 heterocycles. The van der Waals surface area contributed by atoms with Crippen LogP contribution in [0.15, 0.2) is 42.5 Å². The SMILES string of the molecule is Cc1cc([N+](=O)[O-])ccc1NC(=O)C(=O)Nc1cccc(N2CCCS2(=O)=O)c1. The zero-order valence-corrected chi connectivity index (χ0v) is 16.2. The van der Waals surface area contributed by atoms with Crippen molar-refractivity contribution in [2.24, 2.45) is 0 Å². The lowest BCUT2D eigenvalue weighted by Gasteiger charge is -2.17.